The van der Waals surface area contributed by atoms with Gasteiger partial charge in [0.05, 0.1) is 12.5 Å². The highest BCUT2D eigenvalue weighted by atomic mass is 16.6. The molecular formula is C7H14O4. The molecule has 0 saturated carbocycles. The molecule has 4 nitrogen and oxygen atoms in total. The van der Waals surface area contributed by atoms with Crippen LogP contribution in [-0.2, 0) is 9.53 Å². The molecule has 0 rings (SSSR count). The first-order valence-electron chi connectivity index (χ1n) is 3.52. The molecule has 0 aliphatic rings. The summed E-state index contributed by atoms with van der Waals surface area (Å²) >= 11 is 0. The van der Waals surface area contributed by atoms with Crippen LogP contribution in [0, 0.1) is 5.92 Å². The lowest BCUT2D eigenvalue weighted by molar-refractivity contribution is -0.153. The first-order valence-corrected chi connectivity index (χ1v) is 3.52. The van der Waals surface area contributed by atoms with Crippen molar-refractivity contribution in [3.05, 3.63) is 0 Å². The largest absolute Gasteiger partial charge is 0.439 e. The Morgan fingerprint density at radius 3 is 2.45 bits per heavy atom. The quantitative estimate of drug-likeness (QED) is 0.447. The summed E-state index contributed by atoms with van der Waals surface area (Å²) in [7, 11) is 0. The van der Waals surface area contributed by atoms with E-state index in [0.29, 0.717) is 0 Å². The normalized spacial score (nSPS) is 15.6. The minimum absolute atomic E-state index is 0.131. The first kappa shape index (κ1) is 10.4. The van der Waals surface area contributed by atoms with Gasteiger partial charge in [0, 0.05) is 0 Å². The molecule has 2 atom stereocenters. The standard InChI is InChI=1S/C7H14O4/c1-5(6(2)9)3-7(10)11-4-8/h5-6,8-9H,3-4H2,1-2H3. The average Bonchev–Trinajstić information content (AvgIpc) is 1.87. The zero-order chi connectivity index (χ0) is 8.85. The van der Waals surface area contributed by atoms with E-state index in [2.05, 4.69) is 4.74 Å². The van der Waals surface area contributed by atoms with Gasteiger partial charge in [-0.25, -0.2) is 0 Å². The number of aliphatic hydroxyl groups excluding tert-OH is 2. The van der Waals surface area contributed by atoms with Crippen molar-refractivity contribution in [1.29, 1.82) is 0 Å². The Hall–Kier alpha value is -0.610. The predicted octanol–water partition coefficient (Wildman–Crippen LogP) is -0.114. The van der Waals surface area contributed by atoms with E-state index in [4.69, 9.17) is 10.2 Å². The molecule has 0 bridgehead atoms. The van der Waals surface area contributed by atoms with Gasteiger partial charge in [0.25, 0.3) is 0 Å². The number of esters is 1. The van der Waals surface area contributed by atoms with E-state index in [1.54, 1.807) is 13.8 Å². The molecule has 0 saturated heterocycles. The number of ether oxygens (including phenoxy) is 1. The SMILES string of the molecule is CC(O)C(C)CC(=O)OCO. The third-order valence-electron chi connectivity index (χ3n) is 1.54. The average molecular weight is 162 g/mol. The zero-order valence-corrected chi connectivity index (χ0v) is 6.78. The van der Waals surface area contributed by atoms with Crippen molar-refractivity contribution in [3.63, 3.8) is 0 Å². The molecule has 0 spiro atoms. The van der Waals surface area contributed by atoms with Crippen LogP contribution < -0.4 is 0 Å². The molecule has 0 aliphatic heterocycles. The number of carbonyl (C=O) groups excluding carboxylic acids is 1. The van der Waals surface area contributed by atoms with Gasteiger partial charge in [0.1, 0.15) is 0 Å². The van der Waals surface area contributed by atoms with Crippen molar-refractivity contribution in [1.82, 2.24) is 0 Å². The van der Waals surface area contributed by atoms with E-state index in [0.717, 1.165) is 0 Å². The van der Waals surface area contributed by atoms with Gasteiger partial charge in [0.2, 0.25) is 0 Å². The molecule has 66 valence electrons. The Balaban J connectivity index is 3.57. The van der Waals surface area contributed by atoms with Crippen molar-refractivity contribution >= 4 is 5.97 Å². The van der Waals surface area contributed by atoms with Crippen LogP contribution >= 0.6 is 0 Å². The highest BCUT2D eigenvalue weighted by molar-refractivity contribution is 5.69. The topological polar surface area (TPSA) is 66.8 Å². The van der Waals surface area contributed by atoms with Crippen LogP contribution in [0.25, 0.3) is 0 Å². The summed E-state index contributed by atoms with van der Waals surface area (Å²) in [6.45, 7) is 2.76. The van der Waals surface area contributed by atoms with E-state index >= 15 is 0 Å². The molecule has 0 fully saturated rings. The van der Waals surface area contributed by atoms with Crippen LogP contribution in [-0.4, -0.2) is 29.1 Å². The fraction of sp³-hybridized carbons (Fsp3) is 0.857. The van der Waals surface area contributed by atoms with Crippen molar-refractivity contribution < 1.29 is 19.7 Å². The monoisotopic (exact) mass is 162 g/mol. The van der Waals surface area contributed by atoms with Crippen LogP contribution in [0.2, 0.25) is 0 Å². The van der Waals surface area contributed by atoms with Gasteiger partial charge in [-0.2, -0.15) is 0 Å². The number of hydrogen-bond acceptors (Lipinski definition) is 4. The molecule has 0 heterocycles. The van der Waals surface area contributed by atoms with Crippen LogP contribution in [0.4, 0.5) is 0 Å². The maximum absolute atomic E-state index is 10.7. The van der Waals surface area contributed by atoms with E-state index < -0.39 is 18.9 Å². The third kappa shape index (κ3) is 4.75. The minimum atomic E-state index is -0.592. The third-order valence-corrected chi connectivity index (χ3v) is 1.54. The fourth-order valence-electron chi connectivity index (χ4n) is 0.564. The van der Waals surface area contributed by atoms with Crippen molar-refractivity contribution in [2.45, 2.75) is 26.4 Å². The summed E-state index contributed by atoms with van der Waals surface area (Å²) in [5.74, 6) is -0.616. The lowest BCUT2D eigenvalue weighted by Gasteiger charge is -2.12. The molecule has 0 radical (unpaired) electrons. The summed E-state index contributed by atoms with van der Waals surface area (Å²) in [6.07, 6.45) is -0.389. The minimum Gasteiger partial charge on any atom is -0.439 e. The van der Waals surface area contributed by atoms with Gasteiger partial charge in [-0.05, 0) is 12.8 Å². The highest BCUT2D eigenvalue weighted by Gasteiger charge is 2.14. The molecule has 11 heavy (non-hydrogen) atoms. The fourth-order valence-corrected chi connectivity index (χ4v) is 0.564. The number of rotatable bonds is 4. The lowest BCUT2D eigenvalue weighted by atomic mass is 10.0. The molecular weight excluding hydrogens is 148 g/mol. The highest BCUT2D eigenvalue weighted by Crippen LogP contribution is 2.07. The van der Waals surface area contributed by atoms with E-state index in [1.807, 2.05) is 0 Å². The Morgan fingerprint density at radius 2 is 2.09 bits per heavy atom. The summed E-state index contributed by atoms with van der Waals surface area (Å²) in [4.78, 5) is 10.7. The second-order valence-electron chi connectivity index (χ2n) is 2.57. The van der Waals surface area contributed by atoms with Gasteiger partial charge < -0.3 is 14.9 Å². The Kier molecular flexibility index (Phi) is 4.81. The first-order chi connectivity index (χ1) is 5.07. The summed E-state index contributed by atoms with van der Waals surface area (Å²) in [6, 6.07) is 0. The molecule has 0 aromatic heterocycles. The van der Waals surface area contributed by atoms with E-state index in [9.17, 15) is 4.79 Å². The second kappa shape index (κ2) is 5.09. The Bertz CT molecular complexity index is 122. The van der Waals surface area contributed by atoms with Crippen LogP contribution in [0.1, 0.15) is 20.3 Å². The molecule has 0 amide bonds. The van der Waals surface area contributed by atoms with Crippen LogP contribution in [0.5, 0.6) is 0 Å². The molecule has 0 aromatic rings. The van der Waals surface area contributed by atoms with Gasteiger partial charge in [-0.3, -0.25) is 4.79 Å². The van der Waals surface area contributed by atoms with Gasteiger partial charge >= 0.3 is 5.97 Å². The lowest BCUT2D eigenvalue weighted by Crippen LogP contribution is -2.18. The Morgan fingerprint density at radius 1 is 1.55 bits per heavy atom. The molecule has 4 heteroatoms. The van der Waals surface area contributed by atoms with Gasteiger partial charge in [-0.1, -0.05) is 6.92 Å². The maximum Gasteiger partial charge on any atom is 0.308 e. The van der Waals surface area contributed by atoms with Crippen molar-refractivity contribution in [2.75, 3.05) is 6.79 Å². The predicted molar refractivity (Wildman–Crippen MR) is 38.6 cm³/mol. The second-order valence-corrected chi connectivity index (χ2v) is 2.57. The summed E-state index contributed by atoms with van der Waals surface area (Å²) < 4.78 is 4.27. The molecule has 0 aromatic carbocycles. The summed E-state index contributed by atoms with van der Waals surface area (Å²) in [5, 5.41) is 17.2. The van der Waals surface area contributed by atoms with E-state index in [-0.39, 0.29) is 12.3 Å². The molecule has 2 unspecified atom stereocenters. The smallest absolute Gasteiger partial charge is 0.308 e. The molecule has 2 N–H and O–H groups in total. The van der Waals surface area contributed by atoms with Crippen LogP contribution in [0.15, 0.2) is 0 Å². The number of aliphatic hydroxyl groups is 2. The van der Waals surface area contributed by atoms with Gasteiger partial charge in [-0.15, -0.1) is 0 Å². The Labute approximate surface area is 65.8 Å². The molecule has 0 aliphatic carbocycles. The number of carbonyl (C=O) groups is 1. The van der Waals surface area contributed by atoms with Crippen molar-refractivity contribution in [3.8, 4) is 0 Å². The zero-order valence-electron chi connectivity index (χ0n) is 6.78. The van der Waals surface area contributed by atoms with Gasteiger partial charge in [0.15, 0.2) is 6.79 Å². The van der Waals surface area contributed by atoms with E-state index in [1.165, 1.54) is 0 Å². The maximum atomic E-state index is 10.7. The summed E-state index contributed by atoms with van der Waals surface area (Å²) in [5.41, 5.74) is 0. The van der Waals surface area contributed by atoms with Crippen LogP contribution in [0.3, 0.4) is 0 Å². The van der Waals surface area contributed by atoms with Crippen molar-refractivity contribution in [2.24, 2.45) is 5.92 Å². The number of hydrogen-bond donors (Lipinski definition) is 2.